The highest BCUT2D eigenvalue weighted by molar-refractivity contribution is 7.13. The summed E-state index contributed by atoms with van der Waals surface area (Å²) in [6.07, 6.45) is 4.77. The highest BCUT2D eigenvalue weighted by atomic mass is 32.1. The zero-order valence-electron chi connectivity index (χ0n) is 14.7. The summed E-state index contributed by atoms with van der Waals surface area (Å²) in [5, 5.41) is 5.16. The quantitative estimate of drug-likeness (QED) is 0.732. The number of nitrogens with zero attached hydrogens (tertiary/aromatic N) is 2. The van der Waals surface area contributed by atoms with Gasteiger partial charge in [-0.05, 0) is 43.5 Å². The number of likely N-dealkylation sites (tertiary alicyclic amines) is 1. The van der Waals surface area contributed by atoms with Crippen molar-refractivity contribution in [3.63, 3.8) is 0 Å². The first-order valence-electron chi connectivity index (χ1n) is 8.91. The fourth-order valence-electron chi connectivity index (χ4n) is 3.12. The minimum Gasteiger partial charge on any atom is -0.462 e. The molecule has 7 heteroatoms. The number of thiazole rings is 1. The van der Waals surface area contributed by atoms with E-state index in [-0.39, 0.29) is 11.8 Å². The van der Waals surface area contributed by atoms with Crippen LogP contribution in [0.3, 0.4) is 0 Å². The van der Waals surface area contributed by atoms with Crippen LogP contribution < -0.4 is 5.32 Å². The van der Waals surface area contributed by atoms with Gasteiger partial charge >= 0.3 is 0 Å². The minimum absolute atomic E-state index is 0.0415. The van der Waals surface area contributed by atoms with Gasteiger partial charge in [-0.15, -0.1) is 11.3 Å². The second-order valence-corrected chi connectivity index (χ2v) is 7.23. The third kappa shape index (κ3) is 3.78. The third-order valence-electron chi connectivity index (χ3n) is 4.52. The number of piperidine rings is 1. The lowest BCUT2D eigenvalue weighted by atomic mass is 10.1. The van der Waals surface area contributed by atoms with E-state index in [1.54, 1.807) is 42.0 Å². The van der Waals surface area contributed by atoms with Crippen LogP contribution in [0.2, 0.25) is 0 Å². The van der Waals surface area contributed by atoms with Crippen molar-refractivity contribution >= 4 is 28.8 Å². The van der Waals surface area contributed by atoms with Crippen LogP contribution in [0.4, 0.5) is 5.69 Å². The lowest BCUT2D eigenvalue weighted by Crippen LogP contribution is -2.36. The van der Waals surface area contributed by atoms with Crippen molar-refractivity contribution in [3.8, 4) is 10.8 Å². The van der Waals surface area contributed by atoms with Gasteiger partial charge in [0.15, 0.2) is 10.8 Å². The first kappa shape index (κ1) is 17.5. The zero-order chi connectivity index (χ0) is 18.6. The first-order chi connectivity index (χ1) is 13.2. The molecule has 27 heavy (non-hydrogen) atoms. The van der Waals surface area contributed by atoms with Crippen LogP contribution in [0.1, 0.15) is 40.1 Å². The summed E-state index contributed by atoms with van der Waals surface area (Å²) in [5.74, 6) is 0.239. The average Bonchev–Trinajstić information content (AvgIpc) is 3.40. The second kappa shape index (κ2) is 7.75. The van der Waals surface area contributed by atoms with Gasteiger partial charge in [-0.2, -0.15) is 0 Å². The van der Waals surface area contributed by atoms with Crippen molar-refractivity contribution in [2.45, 2.75) is 19.3 Å². The largest absolute Gasteiger partial charge is 0.462 e. The maximum Gasteiger partial charge on any atom is 0.275 e. The van der Waals surface area contributed by atoms with E-state index in [2.05, 4.69) is 10.3 Å². The number of aromatic nitrogens is 1. The van der Waals surface area contributed by atoms with Crippen molar-refractivity contribution in [1.29, 1.82) is 0 Å². The van der Waals surface area contributed by atoms with E-state index >= 15 is 0 Å². The fraction of sp³-hybridized carbons (Fsp3) is 0.250. The van der Waals surface area contributed by atoms with Gasteiger partial charge in [0, 0.05) is 18.5 Å². The van der Waals surface area contributed by atoms with E-state index in [1.807, 2.05) is 11.0 Å². The molecular formula is C20H19N3O3S. The summed E-state index contributed by atoms with van der Waals surface area (Å²) in [6, 6.07) is 10.7. The van der Waals surface area contributed by atoms with E-state index in [1.165, 1.54) is 11.3 Å². The number of rotatable bonds is 4. The van der Waals surface area contributed by atoms with E-state index in [0.717, 1.165) is 32.4 Å². The lowest BCUT2D eigenvalue weighted by Gasteiger charge is -2.27. The molecule has 0 radical (unpaired) electrons. The molecule has 2 amide bonds. The topological polar surface area (TPSA) is 75.4 Å². The SMILES string of the molecule is O=C(Nc1ccccc1C(=O)N1CCCCC1)c1csc(-c2ccco2)n1. The molecule has 138 valence electrons. The number of nitrogens with one attached hydrogen (secondary N) is 1. The third-order valence-corrected chi connectivity index (χ3v) is 5.37. The van der Waals surface area contributed by atoms with E-state index in [9.17, 15) is 9.59 Å². The molecule has 4 rings (SSSR count). The summed E-state index contributed by atoms with van der Waals surface area (Å²) >= 11 is 1.34. The summed E-state index contributed by atoms with van der Waals surface area (Å²) in [4.78, 5) is 31.7. The van der Waals surface area contributed by atoms with Crippen molar-refractivity contribution < 1.29 is 14.0 Å². The molecule has 3 aromatic rings. The standard InChI is InChI=1S/C20H19N3O3S/c24-18(16-13-27-19(22-16)17-9-6-12-26-17)21-15-8-3-2-7-14(15)20(25)23-10-4-1-5-11-23/h2-3,6-9,12-13H,1,4-5,10-11H2,(H,21,24). The molecule has 2 aromatic heterocycles. The maximum absolute atomic E-state index is 12.8. The van der Waals surface area contributed by atoms with Crippen LogP contribution in [0.15, 0.2) is 52.5 Å². The van der Waals surface area contributed by atoms with Crippen molar-refractivity contribution in [1.82, 2.24) is 9.88 Å². The Morgan fingerprint density at radius 1 is 1.07 bits per heavy atom. The zero-order valence-corrected chi connectivity index (χ0v) is 15.5. The Morgan fingerprint density at radius 2 is 1.89 bits per heavy atom. The van der Waals surface area contributed by atoms with Gasteiger partial charge in [-0.25, -0.2) is 4.98 Å². The number of hydrogen-bond donors (Lipinski definition) is 1. The molecule has 1 aliphatic heterocycles. The smallest absolute Gasteiger partial charge is 0.275 e. The monoisotopic (exact) mass is 381 g/mol. The van der Waals surface area contributed by atoms with Gasteiger partial charge in [0.25, 0.3) is 11.8 Å². The molecule has 0 spiro atoms. The van der Waals surface area contributed by atoms with Crippen LogP contribution in [0, 0.1) is 0 Å². The normalized spacial score (nSPS) is 14.1. The Bertz CT molecular complexity index is 943. The molecule has 1 aliphatic rings. The summed E-state index contributed by atoms with van der Waals surface area (Å²) in [7, 11) is 0. The molecule has 1 aromatic carbocycles. The maximum atomic E-state index is 12.8. The first-order valence-corrected chi connectivity index (χ1v) is 9.79. The molecule has 0 bridgehead atoms. The van der Waals surface area contributed by atoms with Crippen molar-refractivity contribution in [3.05, 3.63) is 59.3 Å². The van der Waals surface area contributed by atoms with Crippen LogP contribution in [0.5, 0.6) is 0 Å². The number of carbonyl (C=O) groups excluding carboxylic acids is 2. The van der Waals surface area contributed by atoms with Crippen LogP contribution in [0.25, 0.3) is 10.8 Å². The molecule has 0 saturated carbocycles. The van der Waals surface area contributed by atoms with Gasteiger partial charge < -0.3 is 14.6 Å². The minimum atomic E-state index is -0.344. The Morgan fingerprint density at radius 3 is 2.67 bits per heavy atom. The van der Waals surface area contributed by atoms with Crippen LogP contribution in [-0.4, -0.2) is 34.8 Å². The number of hydrogen-bond acceptors (Lipinski definition) is 5. The fourth-order valence-corrected chi connectivity index (χ4v) is 3.89. The Hall–Kier alpha value is -2.93. The van der Waals surface area contributed by atoms with Crippen LogP contribution >= 0.6 is 11.3 Å². The van der Waals surface area contributed by atoms with Gasteiger partial charge in [-0.3, -0.25) is 9.59 Å². The predicted octanol–water partition coefficient (Wildman–Crippen LogP) is 4.28. The van der Waals surface area contributed by atoms with Crippen molar-refractivity contribution in [2.75, 3.05) is 18.4 Å². The average molecular weight is 381 g/mol. The van der Waals surface area contributed by atoms with E-state index < -0.39 is 0 Å². The number of benzene rings is 1. The van der Waals surface area contributed by atoms with Gasteiger partial charge in [-0.1, -0.05) is 12.1 Å². The summed E-state index contributed by atoms with van der Waals surface area (Å²) < 4.78 is 5.31. The van der Waals surface area contributed by atoms with E-state index in [0.29, 0.717) is 27.7 Å². The van der Waals surface area contributed by atoms with Crippen LogP contribution in [-0.2, 0) is 0 Å². The molecule has 1 N–H and O–H groups in total. The molecular weight excluding hydrogens is 362 g/mol. The molecule has 1 fully saturated rings. The molecule has 6 nitrogen and oxygen atoms in total. The van der Waals surface area contributed by atoms with E-state index in [4.69, 9.17) is 4.42 Å². The molecule has 1 saturated heterocycles. The molecule has 3 heterocycles. The number of amides is 2. The van der Waals surface area contributed by atoms with Gasteiger partial charge in [0.05, 0.1) is 17.5 Å². The number of para-hydroxylation sites is 1. The van der Waals surface area contributed by atoms with Crippen molar-refractivity contribution in [2.24, 2.45) is 0 Å². The summed E-state index contributed by atoms with van der Waals surface area (Å²) in [6.45, 7) is 1.53. The lowest BCUT2D eigenvalue weighted by molar-refractivity contribution is 0.0725. The Balaban J connectivity index is 1.52. The molecule has 0 atom stereocenters. The Labute approximate surface area is 160 Å². The number of furan rings is 1. The number of anilines is 1. The highest BCUT2D eigenvalue weighted by Gasteiger charge is 2.22. The van der Waals surface area contributed by atoms with Gasteiger partial charge in [0.1, 0.15) is 5.69 Å². The number of carbonyl (C=O) groups is 2. The predicted molar refractivity (Wildman–Crippen MR) is 104 cm³/mol. The molecule has 0 unspecified atom stereocenters. The highest BCUT2D eigenvalue weighted by Crippen LogP contribution is 2.25. The Kier molecular flexibility index (Phi) is 5.02. The second-order valence-electron chi connectivity index (χ2n) is 6.37. The van der Waals surface area contributed by atoms with Gasteiger partial charge in [0.2, 0.25) is 0 Å². The summed E-state index contributed by atoms with van der Waals surface area (Å²) in [5.41, 5.74) is 1.31. The molecule has 0 aliphatic carbocycles.